The summed E-state index contributed by atoms with van der Waals surface area (Å²) in [5.74, 6) is -0.547. The SMILES string of the molecule is COC(=O)c1nc(NC(=O)[C@H](C)n2cccc2)sc1C(C)C. The van der Waals surface area contributed by atoms with E-state index in [1.165, 1.54) is 18.4 Å². The zero-order valence-corrected chi connectivity index (χ0v) is 13.8. The van der Waals surface area contributed by atoms with Gasteiger partial charge in [-0.1, -0.05) is 13.8 Å². The molecule has 0 aliphatic rings. The maximum atomic E-state index is 12.3. The van der Waals surface area contributed by atoms with Gasteiger partial charge in [0.2, 0.25) is 5.91 Å². The second kappa shape index (κ2) is 6.74. The van der Waals surface area contributed by atoms with E-state index < -0.39 is 5.97 Å². The van der Waals surface area contributed by atoms with Crippen LogP contribution in [0.4, 0.5) is 5.13 Å². The number of carbonyl (C=O) groups excluding carboxylic acids is 2. The third-order valence-electron chi connectivity index (χ3n) is 3.24. The number of carbonyl (C=O) groups is 2. The molecule has 0 aliphatic heterocycles. The minimum absolute atomic E-state index is 0.124. The second-order valence-electron chi connectivity index (χ2n) is 5.17. The van der Waals surface area contributed by atoms with Crippen LogP contribution < -0.4 is 5.32 Å². The van der Waals surface area contributed by atoms with Gasteiger partial charge in [-0.05, 0) is 25.0 Å². The number of hydrogen-bond acceptors (Lipinski definition) is 5. The third-order valence-corrected chi connectivity index (χ3v) is 4.51. The summed E-state index contributed by atoms with van der Waals surface area (Å²) in [6.07, 6.45) is 3.65. The Morgan fingerprint density at radius 1 is 1.27 bits per heavy atom. The molecule has 1 amide bonds. The Kier molecular flexibility index (Phi) is 4.97. The van der Waals surface area contributed by atoms with Crippen molar-refractivity contribution in [1.82, 2.24) is 9.55 Å². The Labute approximate surface area is 133 Å². The number of rotatable bonds is 5. The van der Waals surface area contributed by atoms with E-state index in [9.17, 15) is 9.59 Å². The molecule has 2 aromatic heterocycles. The minimum atomic E-state index is -0.487. The molecule has 0 fully saturated rings. The summed E-state index contributed by atoms with van der Waals surface area (Å²) >= 11 is 1.30. The molecule has 22 heavy (non-hydrogen) atoms. The molecule has 0 saturated heterocycles. The van der Waals surface area contributed by atoms with Crippen molar-refractivity contribution in [3.63, 3.8) is 0 Å². The molecule has 7 heteroatoms. The van der Waals surface area contributed by atoms with Crippen LogP contribution in [0.15, 0.2) is 24.5 Å². The Morgan fingerprint density at radius 2 is 1.91 bits per heavy atom. The molecule has 0 bridgehead atoms. The number of amides is 1. The quantitative estimate of drug-likeness (QED) is 0.859. The van der Waals surface area contributed by atoms with Crippen LogP contribution in [-0.4, -0.2) is 28.5 Å². The van der Waals surface area contributed by atoms with Gasteiger partial charge in [0.05, 0.1) is 7.11 Å². The van der Waals surface area contributed by atoms with Gasteiger partial charge >= 0.3 is 5.97 Å². The highest BCUT2D eigenvalue weighted by Crippen LogP contribution is 2.30. The van der Waals surface area contributed by atoms with Crippen LogP contribution in [0.1, 0.15) is 48.1 Å². The number of nitrogens with one attached hydrogen (secondary N) is 1. The lowest BCUT2D eigenvalue weighted by atomic mass is 10.1. The van der Waals surface area contributed by atoms with Gasteiger partial charge in [-0.15, -0.1) is 11.3 Å². The molecule has 118 valence electrons. The van der Waals surface area contributed by atoms with Crippen molar-refractivity contribution < 1.29 is 14.3 Å². The largest absolute Gasteiger partial charge is 0.464 e. The lowest BCUT2D eigenvalue weighted by Crippen LogP contribution is -2.22. The van der Waals surface area contributed by atoms with Crippen LogP contribution in [-0.2, 0) is 9.53 Å². The third kappa shape index (κ3) is 3.36. The summed E-state index contributed by atoms with van der Waals surface area (Å²) in [4.78, 5) is 29.0. The number of hydrogen-bond donors (Lipinski definition) is 1. The topological polar surface area (TPSA) is 73.2 Å². The number of methoxy groups -OCH3 is 1. The van der Waals surface area contributed by atoms with E-state index in [1.54, 1.807) is 11.5 Å². The van der Waals surface area contributed by atoms with Crippen LogP contribution in [0.5, 0.6) is 0 Å². The molecule has 0 saturated carbocycles. The number of ether oxygens (including phenoxy) is 1. The average molecular weight is 321 g/mol. The first-order valence-electron chi connectivity index (χ1n) is 6.96. The van der Waals surface area contributed by atoms with Crippen molar-refractivity contribution >= 4 is 28.3 Å². The van der Waals surface area contributed by atoms with Crippen LogP contribution in [0.2, 0.25) is 0 Å². The first-order chi connectivity index (χ1) is 10.4. The molecule has 2 heterocycles. The Bertz CT molecular complexity index is 662. The molecule has 0 radical (unpaired) electrons. The Hall–Kier alpha value is -2.15. The van der Waals surface area contributed by atoms with E-state index >= 15 is 0 Å². The molecular formula is C15H19N3O3S. The Morgan fingerprint density at radius 3 is 2.45 bits per heavy atom. The number of nitrogens with zero attached hydrogens (tertiary/aromatic N) is 2. The van der Waals surface area contributed by atoms with Crippen LogP contribution in [0.25, 0.3) is 0 Å². The van der Waals surface area contributed by atoms with Crippen molar-refractivity contribution in [3.05, 3.63) is 35.1 Å². The summed E-state index contributed by atoms with van der Waals surface area (Å²) in [7, 11) is 1.32. The van der Waals surface area contributed by atoms with Gasteiger partial charge in [-0.25, -0.2) is 9.78 Å². The highest BCUT2D eigenvalue weighted by Gasteiger charge is 2.23. The Balaban J connectivity index is 2.19. The molecule has 1 atom stereocenters. The number of esters is 1. The van der Waals surface area contributed by atoms with Gasteiger partial charge in [0.15, 0.2) is 10.8 Å². The van der Waals surface area contributed by atoms with Gasteiger partial charge in [0.1, 0.15) is 6.04 Å². The van der Waals surface area contributed by atoms with Crippen LogP contribution in [0.3, 0.4) is 0 Å². The maximum Gasteiger partial charge on any atom is 0.357 e. The van der Waals surface area contributed by atoms with Crippen molar-refractivity contribution in [3.8, 4) is 0 Å². The predicted octanol–water partition coefficient (Wildman–Crippen LogP) is 3.05. The van der Waals surface area contributed by atoms with Gasteiger partial charge in [-0.2, -0.15) is 0 Å². The van der Waals surface area contributed by atoms with Crippen molar-refractivity contribution in [2.45, 2.75) is 32.7 Å². The lowest BCUT2D eigenvalue weighted by molar-refractivity contribution is -0.118. The molecular weight excluding hydrogens is 302 g/mol. The fourth-order valence-corrected chi connectivity index (χ4v) is 2.93. The standard InChI is InChI=1S/C15H19N3O3S/c1-9(2)12-11(14(20)21-4)16-15(22-12)17-13(19)10(3)18-7-5-6-8-18/h5-10H,1-4H3,(H,16,17,19)/t10-/m0/s1. The van der Waals surface area contributed by atoms with Gasteiger partial charge < -0.3 is 14.6 Å². The van der Waals surface area contributed by atoms with Gasteiger partial charge in [-0.3, -0.25) is 4.79 Å². The maximum absolute atomic E-state index is 12.3. The summed E-state index contributed by atoms with van der Waals surface area (Å²) in [6.45, 7) is 5.73. The highest BCUT2D eigenvalue weighted by molar-refractivity contribution is 7.16. The molecule has 2 rings (SSSR count). The summed E-state index contributed by atoms with van der Waals surface area (Å²) in [6, 6.07) is 3.36. The van der Waals surface area contributed by atoms with E-state index in [0.29, 0.717) is 5.13 Å². The average Bonchev–Trinajstić information content (AvgIpc) is 3.14. The molecule has 0 spiro atoms. The minimum Gasteiger partial charge on any atom is -0.464 e. The van der Waals surface area contributed by atoms with E-state index in [2.05, 4.69) is 10.3 Å². The smallest absolute Gasteiger partial charge is 0.357 e. The van der Waals surface area contributed by atoms with Gasteiger partial charge in [0.25, 0.3) is 0 Å². The summed E-state index contributed by atoms with van der Waals surface area (Å²) < 4.78 is 6.54. The molecule has 0 aromatic carbocycles. The summed E-state index contributed by atoms with van der Waals surface area (Å²) in [5, 5.41) is 3.17. The number of aromatic nitrogens is 2. The molecule has 6 nitrogen and oxygen atoms in total. The first-order valence-corrected chi connectivity index (χ1v) is 7.78. The van der Waals surface area contributed by atoms with Crippen molar-refractivity contribution in [2.75, 3.05) is 12.4 Å². The first kappa shape index (κ1) is 16.2. The highest BCUT2D eigenvalue weighted by atomic mass is 32.1. The van der Waals surface area contributed by atoms with Gasteiger partial charge in [0, 0.05) is 17.3 Å². The second-order valence-corrected chi connectivity index (χ2v) is 6.20. The summed E-state index contributed by atoms with van der Waals surface area (Å²) in [5.41, 5.74) is 0.270. The number of thiazole rings is 1. The monoisotopic (exact) mass is 321 g/mol. The van der Waals surface area contributed by atoms with E-state index in [1.807, 2.05) is 38.4 Å². The van der Waals surface area contributed by atoms with Crippen LogP contribution >= 0.6 is 11.3 Å². The predicted molar refractivity (Wildman–Crippen MR) is 85.3 cm³/mol. The van der Waals surface area contributed by atoms with Crippen molar-refractivity contribution in [1.29, 1.82) is 0 Å². The van der Waals surface area contributed by atoms with Crippen molar-refractivity contribution in [2.24, 2.45) is 0 Å². The molecule has 0 unspecified atom stereocenters. The lowest BCUT2D eigenvalue weighted by Gasteiger charge is -2.12. The fraction of sp³-hybridized carbons (Fsp3) is 0.400. The zero-order valence-electron chi connectivity index (χ0n) is 13.0. The van der Waals surface area contributed by atoms with Crippen LogP contribution in [0, 0.1) is 0 Å². The molecule has 1 N–H and O–H groups in total. The molecule has 0 aliphatic carbocycles. The van der Waals surface area contributed by atoms with E-state index in [-0.39, 0.29) is 23.6 Å². The van der Waals surface area contributed by atoms with E-state index in [4.69, 9.17) is 4.74 Å². The van der Waals surface area contributed by atoms with E-state index in [0.717, 1.165) is 4.88 Å². The normalized spacial score (nSPS) is 12.2. The zero-order chi connectivity index (χ0) is 16.3. The molecule has 2 aromatic rings. The number of anilines is 1. The fourth-order valence-electron chi connectivity index (χ4n) is 1.97.